The topological polar surface area (TPSA) is 197 Å². The molecule has 0 radical (unpaired) electrons. The largest absolute Gasteiger partial charge is 0.463 e. The molecule has 8 N–H and O–H groups in total. The number of amides is 1. The number of carbonyl (C=O) groups is 2. The van der Waals surface area contributed by atoms with Gasteiger partial charge in [-0.15, -0.1) is 11.8 Å². The Morgan fingerprint density at radius 3 is 2.69 bits per heavy atom. The quantitative estimate of drug-likeness (QED) is 0.307. The summed E-state index contributed by atoms with van der Waals surface area (Å²) >= 11 is 1.06. The molecule has 0 aliphatic carbocycles. The summed E-state index contributed by atoms with van der Waals surface area (Å²) in [6, 6.07) is 0.377. The lowest BCUT2D eigenvalue weighted by molar-refractivity contribution is -0.146. The fourth-order valence-corrected chi connectivity index (χ4v) is 3.84. The van der Waals surface area contributed by atoms with Gasteiger partial charge in [0.2, 0.25) is 5.91 Å². The molecule has 1 aliphatic heterocycles. The van der Waals surface area contributed by atoms with Crippen molar-refractivity contribution in [3.8, 4) is 0 Å². The molecule has 2 heterocycles. The predicted molar refractivity (Wildman–Crippen MR) is 92.7 cm³/mol. The highest BCUT2D eigenvalue weighted by Crippen LogP contribution is 2.41. The number of nitrogens with zero attached hydrogens (tertiary/aromatic N) is 2. The number of nitrogens with two attached hydrogens (primary N) is 3. The summed E-state index contributed by atoms with van der Waals surface area (Å²) in [5.74, 6) is -1.29. The maximum atomic E-state index is 11.9. The van der Waals surface area contributed by atoms with E-state index in [1.807, 2.05) is 0 Å². The van der Waals surface area contributed by atoms with E-state index < -0.39 is 46.4 Å². The van der Waals surface area contributed by atoms with Gasteiger partial charge in [-0.3, -0.25) is 14.2 Å². The van der Waals surface area contributed by atoms with Crippen LogP contribution in [0.15, 0.2) is 17.1 Å². The Kier molecular flexibility index (Phi) is 6.58. The molecular weight excluding hydrogens is 366 g/mol. The average Bonchev–Trinajstić information content (AvgIpc) is 2.85. The van der Waals surface area contributed by atoms with Crippen LogP contribution in [0.4, 0.5) is 5.82 Å². The number of nitrogen functional groups attached to an aromatic ring is 1. The number of ether oxygens (including phenoxy) is 1. The van der Waals surface area contributed by atoms with Gasteiger partial charge < -0.3 is 32.2 Å². The van der Waals surface area contributed by atoms with Crippen LogP contribution in [-0.4, -0.2) is 61.7 Å². The Labute approximate surface area is 152 Å². The molecule has 0 spiro atoms. The van der Waals surface area contributed by atoms with Crippen molar-refractivity contribution in [3.05, 3.63) is 22.7 Å². The van der Waals surface area contributed by atoms with E-state index in [0.717, 1.165) is 16.3 Å². The second-order valence-corrected chi connectivity index (χ2v) is 7.19. The first-order valence-corrected chi connectivity index (χ1v) is 8.71. The summed E-state index contributed by atoms with van der Waals surface area (Å²) in [7, 11) is 0. The number of rotatable bonds is 7. The van der Waals surface area contributed by atoms with Crippen LogP contribution in [0.25, 0.3) is 0 Å². The Hall–Kier alpha value is -2.15. The Balaban J connectivity index is 1.96. The summed E-state index contributed by atoms with van der Waals surface area (Å²) in [5, 5.41) is 18.9. The molecule has 5 atom stereocenters. The molecule has 0 bridgehead atoms. The number of aromatic nitrogens is 2. The average molecular weight is 387 g/mol. The van der Waals surface area contributed by atoms with Gasteiger partial charge in [0.1, 0.15) is 29.9 Å². The molecule has 0 aromatic carbocycles. The van der Waals surface area contributed by atoms with Crippen molar-refractivity contribution in [2.24, 2.45) is 11.5 Å². The molecule has 2 unspecified atom stereocenters. The standard InChI is InChI=1S/C14H21N5O6S/c15-6(1-2-9(17)20)13(23)25-5-7-10(21)11(22)12(26-7)19-4-3-8(16)18-14(19)24/h3-4,6-7,10-12,21-22H,1-2,5,15H2,(H2,17,20)(H2,16,18,24)/t6-,7-,10?,11?,12-/m1/s1. The third-order valence-corrected chi connectivity index (χ3v) is 5.41. The van der Waals surface area contributed by atoms with Gasteiger partial charge in [0.15, 0.2) is 0 Å². The maximum Gasteiger partial charge on any atom is 0.350 e. The molecule has 144 valence electrons. The number of hydrogen-bond acceptors (Lipinski definition) is 10. The van der Waals surface area contributed by atoms with Crippen molar-refractivity contribution >= 4 is 29.5 Å². The third kappa shape index (κ3) is 4.72. The van der Waals surface area contributed by atoms with Gasteiger partial charge >= 0.3 is 11.7 Å². The second-order valence-electron chi connectivity index (χ2n) is 5.83. The highest BCUT2D eigenvalue weighted by molar-refractivity contribution is 8.00. The second kappa shape index (κ2) is 8.49. The molecule has 1 fully saturated rings. The fraction of sp³-hybridized carbons (Fsp3) is 0.571. The number of thioether (sulfide) groups is 1. The van der Waals surface area contributed by atoms with Gasteiger partial charge in [-0.25, -0.2) is 4.79 Å². The van der Waals surface area contributed by atoms with E-state index in [0.29, 0.717) is 0 Å². The Morgan fingerprint density at radius 1 is 1.38 bits per heavy atom. The SMILES string of the molecule is NC(=O)CC[C@@H](N)C(=O)OC[C@H]1S[C@@H](n2ccc(N)nc2=O)C(O)C1O. The van der Waals surface area contributed by atoms with E-state index in [2.05, 4.69) is 4.98 Å². The predicted octanol–water partition coefficient (Wildman–Crippen LogP) is -2.70. The molecule has 1 aromatic rings. The van der Waals surface area contributed by atoms with Crippen LogP contribution < -0.4 is 22.9 Å². The Bertz CT molecular complexity index is 728. The first-order valence-electron chi connectivity index (χ1n) is 7.77. The molecule has 26 heavy (non-hydrogen) atoms. The highest BCUT2D eigenvalue weighted by Gasteiger charge is 2.44. The normalized spacial score (nSPS) is 26.4. The van der Waals surface area contributed by atoms with E-state index >= 15 is 0 Å². The summed E-state index contributed by atoms with van der Waals surface area (Å²) in [5.41, 5.74) is 15.3. The fourth-order valence-electron chi connectivity index (χ4n) is 2.40. The maximum absolute atomic E-state index is 11.9. The van der Waals surface area contributed by atoms with Gasteiger partial charge in [-0.1, -0.05) is 0 Å². The van der Waals surface area contributed by atoms with Crippen LogP contribution in [-0.2, 0) is 14.3 Å². The number of carbonyl (C=O) groups excluding carboxylic acids is 2. The van der Waals surface area contributed by atoms with E-state index in [4.69, 9.17) is 21.9 Å². The molecule has 2 rings (SSSR count). The zero-order chi connectivity index (χ0) is 19.4. The number of anilines is 1. The minimum atomic E-state index is -1.27. The van der Waals surface area contributed by atoms with Gasteiger partial charge in [-0.2, -0.15) is 4.98 Å². The van der Waals surface area contributed by atoms with Crippen LogP contribution in [0.3, 0.4) is 0 Å². The summed E-state index contributed by atoms with van der Waals surface area (Å²) < 4.78 is 6.19. The van der Waals surface area contributed by atoms with Crippen molar-refractivity contribution in [2.75, 3.05) is 12.3 Å². The number of esters is 1. The molecule has 1 amide bonds. The van der Waals surface area contributed by atoms with Crippen molar-refractivity contribution in [2.45, 2.75) is 41.7 Å². The summed E-state index contributed by atoms with van der Waals surface area (Å²) in [6.45, 7) is -0.223. The molecule has 0 saturated carbocycles. The molecule has 1 aliphatic rings. The lowest BCUT2D eigenvalue weighted by atomic mass is 10.1. The first-order chi connectivity index (χ1) is 12.2. The monoisotopic (exact) mass is 387 g/mol. The van der Waals surface area contributed by atoms with Crippen LogP contribution in [0.2, 0.25) is 0 Å². The van der Waals surface area contributed by atoms with Crippen molar-refractivity contribution < 1.29 is 24.5 Å². The Morgan fingerprint density at radius 2 is 2.08 bits per heavy atom. The van der Waals surface area contributed by atoms with Crippen molar-refractivity contribution in [1.82, 2.24) is 9.55 Å². The van der Waals surface area contributed by atoms with Crippen LogP contribution in [0.1, 0.15) is 18.2 Å². The minimum Gasteiger partial charge on any atom is -0.463 e. The molecule has 1 aromatic heterocycles. The summed E-state index contributed by atoms with van der Waals surface area (Å²) in [6.07, 6.45) is -1.14. The smallest absolute Gasteiger partial charge is 0.350 e. The minimum absolute atomic E-state index is 0.0414. The summed E-state index contributed by atoms with van der Waals surface area (Å²) in [4.78, 5) is 38.0. The van der Waals surface area contributed by atoms with Crippen molar-refractivity contribution in [1.29, 1.82) is 0 Å². The molecule has 1 saturated heterocycles. The van der Waals surface area contributed by atoms with Gasteiger partial charge in [0.25, 0.3) is 0 Å². The first kappa shape index (κ1) is 20.2. The van der Waals surface area contributed by atoms with Gasteiger partial charge in [0.05, 0.1) is 11.4 Å². The highest BCUT2D eigenvalue weighted by atomic mass is 32.2. The van der Waals surface area contributed by atoms with E-state index in [1.165, 1.54) is 12.3 Å². The number of aliphatic hydroxyl groups is 2. The number of aliphatic hydroxyl groups excluding tert-OH is 2. The van der Waals surface area contributed by atoms with Gasteiger partial charge in [0, 0.05) is 12.6 Å². The van der Waals surface area contributed by atoms with E-state index in [9.17, 15) is 24.6 Å². The van der Waals surface area contributed by atoms with Crippen LogP contribution in [0.5, 0.6) is 0 Å². The molecule has 11 nitrogen and oxygen atoms in total. The molecule has 12 heteroatoms. The lowest BCUT2D eigenvalue weighted by Crippen LogP contribution is -2.38. The number of primary amides is 1. The van der Waals surface area contributed by atoms with E-state index in [1.54, 1.807) is 0 Å². The third-order valence-electron chi connectivity index (χ3n) is 3.86. The van der Waals surface area contributed by atoms with Crippen LogP contribution >= 0.6 is 11.8 Å². The zero-order valence-electron chi connectivity index (χ0n) is 13.7. The number of hydrogen-bond donors (Lipinski definition) is 5. The lowest BCUT2D eigenvalue weighted by Gasteiger charge is -2.17. The van der Waals surface area contributed by atoms with E-state index in [-0.39, 0.29) is 25.3 Å². The van der Waals surface area contributed by atoms with Gasteiger partial charge in [-0.05, 0) is 12.5 Å². The van der Waals surface area contributed by atoms with Crippen molar-refractivity contribution in [3.63, 3.8) is 0 Å². The zero-order valence-corrected chi connectivity index (χ0v) is 14.5. The molecular formula is C14H21N5O6S. The van der Waals surface area contributed by atoms with Crippen LogP contribution in [0, 0.1) is 0 Å².